The van der Waals surface area contributed by atoms with Crippen LogP contribution in [0.2, 0.25) is 0 Å². The fraction of sp³-hybridized carbons (Fsp3) is 0.455. The molecule has 0 aliphatic heterocycles. The average molecular weight is 394 g/mol. The smallest absolute Gasteiger partial charge is 0.123 e. The molecule has 150 valence electrons. The largest absolute Gasteiger partial charge is 0.496 e. The van der Waals surface area contributed by atoms with Crippen molar-refractivity contribution < 1.29 is 14.2 Å². The SMILES string of the molecule is COc1cc(C(C)C)c(OCCN(C)CCOc2ccccc2)cc1C.Cl. The van der Waals surface area contributed by atoms with Gasteiger partial charge in [0.15, 0.2) is 0 Å². The molecule has 0 radical (unpaired) electrons. The van der Waals surface area contributed by atoms with Crippen LogP contribution in [0.4, 0.5) is 0 Å². The summed E-state index contributed by atoms with van der Waals surface area (Å²) in [6.45, 7) is 9.40. The van der Waals surface area contributed by atoms with Crippen molar-refractivity contribution in [1.82, 2.24) is 4.90 Å². The van der Waals surface area contributed by atoms with Crippen LogP contribution >= 0.6 is 12.4 Å². The van der Waals surface area contributed by atoms with Gasteiger partial charge in [-0.15, -0.1) is 12.4 Å². The van der Waals surface area contributed by atoms with Crippen molar-refractivity contribution in [2.45, 2.75) is 26.7 Å². The molecule has 0 unspecified atom stereocenters. The minimum Gasteiger partial charge on any atom is -0.496 e. The van der Waals surface area contributed by atoms with Gasteiger partial charge >= 0.3 is 0 Å². The van der Waals surface area contributed by atoms with E-state index in [0.29, 0.717) is 19.1 Å². The number of ether oxygens (including phenoxy) is 3. The van der Waals surface area contributed by atoms with E-state index in [1.165, 1.54) is 5.56 Å². The molecule has 0 aliphatic rings. The molecule has 4 nitrogen and oxygen atoms in total. The lowest BCUT2D eigenvalue weighted by atomic mass is 10.00. The van der Waals surface area contributed by atoms with Crippen LogP contribution in [-0.4, -0.2) is 45.4 Å². The van der Waals surface area contributed by atoms with Crippen LogP contribution in [0.3, 0.4) is 0 Å². The molecule has 0 aromatic heterocycles. The van der Waals surface area contributed by atoms with Gasteiger partial charge in [0.2, 0.25) is 0 Å². The number of hydrogen-bond donors (Lipinski definition) is 0. The lowest BCUT2D eigenvalue weighted by molar-refractivity contribution is 0.201. The Morgan fingerprint density at radius 1 is 0.926 bits per heavy atom. The van der Waals surface area contributed by atoms with Crippen LogP contribution in [0.5, 0.6) is 17.2 Å². The van der Waals surface area contributed by atoms with Crippen molar-refractivity contribution in [2.75, 3.05) is 40.5 Å². The molecule has 0 atom stereocenters. The molecule has 0 spiro atoms. The molecular weight excluding hydrogens is 362 g/mol. The second-order valence-corrected chi connectivity index (χ2v) is 6.83. The topological polar surface area (TPSA) is 30.9 Å². The van der Waals surface area contributed by atoms with Gasteiger partial charge in [0.25, 0.3) is 0 Å². The first-order valence-electron chi connectivity index (χ1n) is 9.19. The number of benzene rings is 2. The standard InChI is InChI=1S/C22H31NO3.ClH/c1-17(2)20-16-21(24-5)18(3)15-22(20)26-14-12-23(4)11-13-25-19-9-7-6-8-10-19;/h6-10,15-17H,11-14H2,1-5H3;1H. The van der Waals surface area contributed by atoms with E-state index in [2.05, 4.69) is 37.9 Å². The zero-order valence-electron chi connectivity index (χ0n) is 17.0. The van der Waals surface area contributed by atoms with Gasteiger partial charge in [-0.1, -0.05) is 32.0 Å². The summed E-state index contributed by atoms with van der Waals surface area (Å²) in [5.41, 5.74) is 2.28. The molecule has 0 bridgehead atoms. The Bertz CT molecular complexity index is 677. The number of likely N-dealkylation sites (N-methyl/N-ethyl adjacent to an activating group) is 1. The first-order valence-corrected chi connectivity index (χ1v) is 9.19. The molecule has 0 amide bonds. The lowest BCUT2D eigenvalue weighted by Crippen LogP contribution is -2.28. The number of nitrogens with zero attached hydrogens (tertiary/aromatic N) is 1. The van der Waals surface area contributed by atoms with Gasteiger partial charge in [-0.05, 0) is 49.7 Å². The summed E-state index contributed by atoms with van der Waals surface area (Å²) in [7, 11) is 3.79. The average Bonchev–Trinajstić information content (AvgIpc) is 2.62. The van der Waals surface area contributed by atoms with E-state index in [1.807, 2.05) is 37.3 Å². The Hall–Kier alpha value is -1.91. The Labute approximate surface area is 169 Å². The van der Waals surface area contributed by atoms with Gasteiger partial charge in [0.05, 0.1) is 7.11 Å². The van der Waals surface area contributed by atoms with Crippen LogP contribution in [-0.2, 0) is 0 Å². The number of rotatable bonds is 10. The Kier molecular flexibility index (Phi) is 10.0. The maximum atomic E-state index is 6.08. The van der Waals surface area contributed by atoms with Crippen molar-refractivity contribution in [3.8, 4) is 17.2 Å². The van der Waals surface area contributed by atoms with E-state index in [-0.39, 0.29) is 12.4 Å². The van der Waals surface area contributed by atoms with Crippen LogP contribution in [0.1, 0.15) is 30.9 Å². The summed E-state index contributed by atoms with van der Waals surface area (Å²) >= 11 is 0. The van der Waals surface area contributed by atoms with E-state index in [0.717, 1.165) is 35.9 Å². The van der Waals surface area contributed by atoms with Crippen molar-refractivity contribution >= 4 is 12.4 Å². The minimum atomic E-state index is 0. The second-order valence-electron chi connectivity index (χ2n) is 6.83. The minimum absolute atomic E-state index is 0. The Morgan fingerprint density at radius 3 is 2.15 bits per heavy atom. The maximum Gasteiger partial charge on any atom is 0.123 e. The third-order valence-electron chi connectivity index (χ3n) is 4.36. The Balaban J connectivity index is 0.00000364. The highest BCUT2D eigenvalue weighted by molar-refractivity contribution is 5.85. The molecule has 0 saturated heterocycles. The van der Waals surface area contributed by atoms with Crippen LogP contribution < -0.4 is 14.2 Å². The fourth-order valence-electron chi connectivity index (χ4n) is 2.73. The van der Waals surface area contributed by atoms with Crippen molar-refractivity contribution in [3.05, 3.63) is 53.6 Å². The van der Waals surface area contributed by atoms with Crippen molar-refractivity contribution in [3.63, 3.8) is 0 Å². The van der Waals surface area contributed by atoms with E-state index >= 15 is 0 Å². The van der Waals surface area contributed by atoms with Crippen LogP contribution in [0.15, 0.2) is 42.5 Å². The summed E-state index contributed by atoms with van der Waals surface area (Å²) in [5.74, 6) is 3.16. The van der Waals surface area contributed by atoms with Crippen molar-refractivity contribution in [2.24, 2.45) is 0 Å². The third kappa shape index (κ3) is 7.31. The molecule has 0 heterocycles. The summed E-state index contributed by atoms with van der Waals surface area (Å²) < 4.78 is 17.2. The number of halogens is 1. The molecule has 0 aliphatic carbocycles. The summed E-state index contributed by atoms with van der Waals surface area (Å²) in [6, 6.07) is 14.1. The maximum absolute atomic E-state index is 6.08. The highest BCUT2D eigenvalue weighted by atomic mass is 35.5. The summed E-state index contributed by atoms with van der Waals surface area (Å²) in [6.07, 6.45) is 0. The summed E-state index contributed by atoms with van der Waals surface area (Å²) in [5, 5.41) is 0. The monoisotopic (exact) mass is 393 g/mol. The first kappa shape index (κ1) is 23.1. The molecular formula is C22H32ClNO3. The van der Waals surface area contributed by atoms with Gasteiger partial charge in [-0.3, -0.25) is 4.90 Å². The van der Waals surface area contributed by atoms with E-state index in [9.17, 15) is 0 Å². The van der Waals surface area contributed by atoms with E-state index in [1.54, 1.807) is 7.11 Å². The Morgan fingerprint density at radius 2 is 1.56 bits per heavy atom. The molecule has 5 heteroatoms. The predicted octanol–water partition coefficient (Wildman–Crippen LogP) is 4.94. The lowest BCUT2D eigenvalue weighted by Gasteiger charge is -2.20. The zero-order chi connectivity index (χ0) is 18.9. The van der Waals surface area contributed by atoms with Crippen LogP contribution in [0.25, 0.3) is 0 Å². The second kappa shape index (κ2) is 11.7. The highest BCUT2D eigenvalue weighted by Crippen LogP contribution is 2.33. The molecule has 0 fully saturated rings. The molecule has 27 heavy (non-hydrogen) atoms. The van der Waals surface area contributed by atoms with Gasteiger partial charge in [-0.25, -0.2) is 0 Å². The third-order valence-corrected chi connectivity index (χ3v) is 4.36. The van der Waals surface area contributed by atoms with Crippen LogP contribution in [0, 0.1) is 6.92 Å². The number of para-hydroxylation sites is 1. The highest BCUT2D eigenvalue weighted by Gasteiger charge is 2.12. The number of hydrogen-bond acceptors (Lipinski definition) is 4. The molecule has 0 saturated carbocycles. The van der Waals surface area contributed by atoms with Gasteiger partial charge in [0.1, 0.15) is 30.5 Å². The van der Waals surface area contributed by atoms with Gasteiger partial charge < -0.3 is 14.2 Å². The molecule has 0 N–H and O–H groups in total. The van der Waals surface area contributed by atoms with Gasteiger partial charge in [0, 0.05) is 18.7 Å². The first-order chi connectivity index (χ1) is 12.5. The summed E-state index contributed by atoms with van der Waals surface area (Å²) in [4.78, 5) is 2.22. The quantitative estimate of drug-likeness (QED) is 0.572. The predicted molar refractivity (Wildman–Crippen MR) is 114 cm³/mol. The van der Waals surface area contributed by atoms with Gasteiger partial charge in [-0.2, -0.15) is 0 Å². The molecule has 2 aromatic carbocycles. The van der Waals surface area contributed by atoms with E-state index in [4.69, 9.17) is 14.2 Å². The van der Waals surface area contributed by atoms with E-state index < -0.39 is 0 Å². The zero-order valence-corrected chi connectivity index (χ0v) is 17.8. The van der Waals surface area contributed by atoms with Crippen molar-refractivity contribution in [1.29, 1.82) is 0 Å². The number of aryl methyl sites for hydroxylation is 1. The number of methoxy groups -OCH3 is 1. The normalized spacial score (nSPS) is 10.6. The molecule has 2 rings (SSSR count). The fourth-order valence-corrected chi connectivity index (χ4v) is 2.73. The molecule has 2 aromatic rings.